The first-order valence-electron chi connectivity index (χ1n) is 11.7. The molecule has 1 aliphatic carbocycles. The fraction of sp³-hybridized carbons (Fsp3) is 0.321. The Labute approximate surface area is 198 Å². The van der Waals surface area contributed by atoms with Crippen LogP contribution in [0.25, 0.3) is 5.57 Å². The number of hydrogen-bond acceptors (Lipinski definition) is 6. The van der Waals surface area contributed by atoms with Crippen LogP contribution in [0.4, 0.5) is 0 Å². The van der Waals surface area contributed by atoms with Crippen molar-refractivity contribution in [2.75, 3.05) is 0 Å². The minimum atomic E-state index is -0.355. The van der Waals surface area contributed by atoms with E-state index in [2.05, 4.69) is 17.1 Å². The number of hydrogen-bond donors (Lipinski definition) is 1. The summed E-state index contributed by atoms with van der Waals surface area (Å²) in [4.78, 5) is 22.6. The summed E-state index contributed by atoms with van der Waals surface area (Å²) in [5, 5.41) is 11.4. The second-order valence-electron chi connectivity index (χ2n) is 9.63. The minimum absolute atomic E-state index is 0.00394. The number of Topliss-reactive ketones (excluding diaryl/α,β-unsaturated/α-hetero) is 1. The van der Waals surface area contributed by atoms with Gasteiger partial charge in [-0.3, -0.25) is 9.78 Å². The van der Waals surface area contributed by atoms with Crippen LogP contribution in [-0.2, 0) is 9.53 Å². The molecule has 0 saturated carbocycles. The van der Waals surface area contributed by atoms with E-state index in [4.69, 9.17) is 14.5 Å². The molecule has 0 radical (unpaired) electrons. The summed E-state index contributed by atoms with van der Waals surface area (Å²) in [6, 6.07) is 13.6. The topological polar surface area (TPSA) is 81.5 Å². The maximum atomic E-state index is 13.5. The predicted molar refractivity (Wildman–Crippen MR) is 127 cm³/mol. The van der Waals surface area contributed by atoms with Gasteiger partial charge >= 0.3 is 0 Å². The van der Waals surface area contributed by atoms with E-state index < -0.39 is 0 Å². The number of fused-ring (bicyclic) bond motifs is 5. The average molecular weight is 455 g/mol. The number of benzene rings is 2. The Morgan fingerprint density at radius 1 is 1.03 bits per heavy atom. The van der Waals surface area contributed by atoms with Crippen LogP contribution < -0.4 is 4.74 Å². The predicted octanol–water partition coefficient (Wildman–Crippen LogP) is 5.23. The van der Waals surface area contributed by atoms with Crippen molar-refractivity contribution in [3.63, 3.8) is 0 Å². The highest BCUT2D eigenvalue weighted by Gasteiger charge is 2.63. The lowest BCUT2D eigenvalue weighted by atomic mass is 9.73. The Morgan fingerprint density at radius 3 is 2.50 bits per heavy atom. The van der Waals surface area contributed by atoms with Gasteiger partial charge in [-0.25, -0.2) is 4.98 Å². The number of aromatic nitrogens is 2. The monoisotopic (exact) mass is 454 g/mol. The lowest BCUT2D eigenvalue weighted by molar-refractivity contribution is -0.118. The summed E-state index contributed by atoms with van der Waals surface area (Å²) in [6.45, 7) is 6.04. The minimum Gasteiger partial charge on any atom is -0.511 e. The molecule has 34 heavy (non-hydrogen) atoms. The molecule has 2 unspecified atom stereocenters. The van der Waals surface area contributed by atoms with Gasteiger partial charge in [-0.15, -0.1) is 0 Å². The molecule has 6 heteroatoms. The number of aliphatic hydroxyl groups is 1. The van der Waals surface area contributed by atoms with E-state index in [-0.39, 0.29) is 41.5 Å². The molecule has 2 aromatic carbocycles. The molecule has 0 spiro atoms. The van der Waals surface area contributed by atoms with E-state index in [1.807, 2.05) is 51.1 Å². The van der Waals surface area contributed by atoms with Crippen molar-refractivity contribution < 1.29 is 19.4 Å². The van der Waals surface area contributed by atoms with E-state index in [1.54, 1.807) is 12.4 Å². The quantitative estimate of drug-likeness (QED) is 0.581. The van der Waals surface area contributed by atoms with Crippen molar-refractivity contribution in [2.45, 2.75) is 45.3 Å². The fourth-order valence-corrected chi connectivity index (χ4v) is 6.17. The third kappa shape index (κ3) is 3.16. The summed E-state index contributed by atoms with van der Waals surface area (Å²) in [5.74, 6) is 0.501. The van der Waals surface area contributed by atoms with Gasteiger partial charge in [-0.05, 0) is 56.0 Å². The van der Waals surface area contributed by atoms with Gasteiger partial charge in [0.15, 0.2) is 5.78 Å². The summed E-state index contributed by atoms with van der Waals surface area (Å²) in [5.41, 5.74) is 5.25. The van der Waals surface area contributed by atoms with E-state index >= 15 is 0 Å². The highest BCUT2D eigenvalue weighted by molar-refractivity contribution is 6.26. The van der Waals surface area contributed by atoms with Gasteiger partial charge in [-0.1, -0.05) is 35.9 Å². The number of para-hydroxylation sites is 1. The van der Waals surface area contributed by atoms with Crippen molar-refractivity contribution in [1.82, 2.24) is 9.97 Å². The molecule has 2 aliphatic heterocycles. The Hall–Kier alpha value is -3.51. The molecule has 2 fully saturated rings. The normalized spacial score (nSPS) is 27.4. The molecule has 3 aromatic rings. The lowest BCUT2D eigenvalue weighted by Gasteiger charge is -2.27. The van der Waals surface area contributed by atoms with Crippen LogP contribution in [0, 0.1) is 32.6 Å². The maximum absolute atomic E-state index is 13.5. The van der Waals surface area contributed by atoms with Crippen LogP contribution in [0.2, 0.25) is 0 Å². The summed E-state index contributed by atoms with van der Waals surface area (Å²) >= 11 is 0. The van der Waals surface area contributed by atoms with Crippen molar-refractivity contribution >= 4 is 11.4 Å². The molecular formula is C28H26N2O4. The molecule has 172 valence electrons. The largest absolute Gasteiger partial charge is 0.511 e. The van der Waals surface area contributed by atoms with Crippen molar-refractivity contribution in [3.05, 3.63) is 88.6 Å². The molecule has 2 bridgehead atoms. The van der Waals surface area contributed by atoms with Crippen LogP contribution >= 0.6 is 0 Å². The van der Waals surface area contributed by atoms with Crippen LogP contribution in [-0.4, -0.2) is 33.1 Å². The molecular weight excluding hydrogens is 428 g/mol. The fourth-order valence-electron chi connectivity index (χ4n) is 6.17. The molecule has 6 rings (SSSR count). The standard InChI is InChI=1S/C28H26N2O4/c1-14-9-15(2)22(16(3)10-14)24-26(31)23-20-11-18(28(34-20)25(23)27(24)32)19-12-29-13-21(30-19)33-17-7-5-4-6-8-17/h4-10,12-13,18,20,23,25,28,32H,11H2,1-3H3/t18?,20?,23-,25+,28+/m0/s1. The lowest BCUT2D eigenvalue weighted by Crippen LogP contribution is -2.33. The molecule has 3 aliphatic rings. The Kier molecular flexibility index (Phi) is 4.81. The number of carbonyl (C=O) groups is 1. The number of aryl methyl sites for hydroxylation is 3. The van der Waals surface area contributed by atoms with Crippen LogP contribution in [0.1, 0.15) is 40.3 Å². The zero-order valence-electron chi connectivity index (χ0n) is 19.4. The number of carbonyl (C=O) groups excluding carboxylic acids is 1. The molecule has 2 saturated heterocycles. The number of aliphatic hydroxyl groups excluding tert-OH is 1. The summed E-state index contributed by atoms with van der Waals surface area (Å²) in [6.07, 6.45) is 3.44. The molecule has 0 amide bonds. The second-order valence-corrected chi connectivity index (χ2v) is 9.63. The van der Waals surface area contributed by atoms with Crippen molar-refractivity contribution in [2.24, 2.45) is 11.8 Å². The Morgan fingerprint density at radius 2 is 1.76 bits per heavy atom. The second kappa shape index (κ2) is 7.77. The smallest absolute Gasteiger partial charge is 0.238 e. The highest BCUT2D eigenvalue weighted by Crippen LogP contribution is 2.58. The van der Waals surface area contributed by atoms with Gasteiger partial charge in [0.2, 0.25) is 5.88 Å². The Bertz CT molecular complexity index is 1310. The van der Waals surface area contributed by atoms with Gasteiger partial charge < -0.3 is 14.6 Å². The first-order valence-corrected chi connectivity index (χ1v) is 11.7. The molecule has 1 N–H and O–H groups in total. The van der Waals surface area contributed by atoms with Gasteiger partial charge in [0.1, 0.15) is 11.5 Å². The van der Waals surface area contributed by atoms with Crippen LogP contribution in [0.3, 0.4) is 0 Å². The third-order valence-electron chi connectivity index (χ3n) is 7.38. The first-order chi connectivity index (χ1) is 16.4. The summed E-state index contributed by atoms with van der Waals surface area (Å²) in [7, 11) is 0. The molecule has 5 atom stereocenters. The van der Waals surface area contributed by atoms with Gasteiger partial charge in [-0.2, -0.15) is 0 Å². The number of ether oxygens (including phenoxy) is 2. The van der Waals surface area contributed by atoms with E-state index in [9.17, 15) is 9.90 Å². The summed E-state index contributed by atoms with van der Waals surface area (Å²) < 4.78 is 12.1. The van der Waals surface area contributed by atoms with Crippen LogP contribution in [0.5, 0.6) is 11.6 Å². The first kappa shape index (κ1) is 21.1. The van der Waals surface area contributed by atoms with E-state index in [0.29, 0.717) is 23.6 Å². The molecule has 3 heterocycles. The number of ketones is 1. The van der Waals surface area contributed by atoms with E-state index in [0.717, 1.165) is 27.9 Å². The average Bonchev–Trinajstić information content (AvgIpc) is 3.47. The zero-order valence-corrected chi connectivity index (χ0v) is 19.4. The van der Waals surface area contributed by atoms with Gasteiger partial charge in [0.25, 0.3) is 0 Å². The number of rotatable bonds is 4. The third-order valence-corrected chi connectivity index (χ3v) is 7.38. The SMILES string of the molecule is Cc1cc(C)c(C2=C(O)[C@@H]3[C@@H]4OC(CC4c4cncc(Oc5ccccc5)n4)[C@@H]3C2=O)c(C)c1. The number of allylic oxidation sites excluding steroid dienone is 1. The molecule has 6 nitrogen and oxygen atoms in total. The van der Waals surface area contributed by atoms with E-state index in [1.165, 1.54) is 0 Å². The van der Waals surface area contributed by atoms with Crippen LogP contribution in [0.15, 0.2) is 60.6 Å². The Balaban J connectivity index is 1.33. The van der Waals surface area contributed by atoms with Gasteiger partial charge in [0.05, 0.1) is 41.5 Å². The molecule has 1 aromatic heterocycles. The van der Waals surface area contributed by atoms with Crippen molar-refractivity contribution in [3.8, 4) is 11.6 Å². The number of nitrogens with zero attached hydrogens (tertiary/aromatic N) is 2. The zero-order chi connectivity index (χ0) is 23.6. The maximum Gasteiger partial charge on any atom is 0.238 e. The van der Waals surface area contributed by atoms with Gasteiger partial charge in [0, 0.05) is 12.1 Å². The van der Waals surface area contributed by atoms with Crippen molar-refractivity contribution in [1.29, 1.82) is 0 Å². The highest BCUT2D eigenvalue weighted by atomic mass is 16.5.